The molecule has 27 heavy (non-hydrogen) atoms. The Hall–Kier alpha value is -2.79. The van der Waals surface area contributed by atoms with Gasteiger partial charge in [0.2, 0.25) is 5.91 Å². The topological polar surface area (TPSA) is 52.5 Å². The largest absolute Gasteiger partial charge is 0.491 e. The molecule has 5 nitrogen and oxygen atoms in total. The maximum atomic E-state index is 12.6. The lowest BCUT2D eigenvalue weighted by Gasteiger charge is -2.13. The van der Waals surface area contributed by atoms with Crippen molar-refractivity contribution in [3.8, 4) is 5.75 Å². The van der Waals surface area contributed by atoms with E-state index in [2.05, 4.69) is 17.4 Å². The first-order valence-electron chi connectivity index (χ1n) is 9.38. The van der Waals surface area contributed by atoms with Crippen LogP contribution >= 0.6 is 0 Å². The number of nitrogens with zero attached hydrogens (tertiary/aromatic N) is 1. The van der Waals surface area contributed by atoms with Gasteiger partial charge in [0.1, 0.15) is 18.9 Å². The fourth-order valence-electron chi connectivity index (χ4n) is 3.53. The molecule has 1 saturated heterocycles. The van der Waals surface area contributed by atoms with Crippen LogP contribution in [0.5, 0.6) is 5.75 Å². The van der Waals surface area contributed by atoms with Gasteiger partial charge in [0, 0.05) is 29.6 Å². The summed E-state index contributed by atoms with van der Waals surface area (Å²) in [7, 11) is 0. The Morgan fingerprint density at radius 2 is 2.11 bits per heavy atom. The number of amides is 1. The zero-order valence-corrected chi connectivity index (χ0v) is 15.5. The third-order valence-electron chi connectivity index (χ3n) is 4.90. The van der Waals surface area contributed by atoms with Crippen LogP contribution in [0.25, 0.3) is 10.9 Å². The molecule has 4 rings (SSSR count). The molecular formula is C22H24N2O3. The summed E-state index contributed by atoms with van der Waals surface area (Å²) in [5.74, 6) is 0.682. The Bertz CT molecular complexity index is 942. The standard InChI is InChI=1S/C22H24N2O3/c1-16-12-17-6-2-3-10-21(17)24(16)14-22(25)23-18-7-4-8-19(13-18)27-15-20-9-5-11-26-20/h2-4,6-8,10,12-13,20H,5,9,11,14-15H2,1H3,(H,23,25). The van der Waals surface area contributed by atoms with E-state index in [4.69, 9.17) is 9.47 Å². The monoisotopic (exact) mass is 364 g/mol. The van der Waals surface area contributed by atoms with Gasteiger partial charge in [-0.1, -0.05) is 24.3 Å². The Labute approximate surface area is 158 Å². The average molecular weight is 364 g/mol. The lowest BCUT2D eigenvalue weighted by Crippen LogP contribution is -2.19. The van der Waals surface area contributed by atoms with Crippen molar-refractivity contribution in [2.45, 2.75) is 32.4 Å². The van der Waals surface area contributed by atoms with Gasteiger partial charge in [0.25, 0.3) is 0 Å². The van der Waals surface area contributed by atoms with E-state index in [1.807, 2.05) is 54.0 Å². The summed E-state index contributed by atoms with van der Waals surface area (Å²) in [5.41, 5.74) is 2.87. The maximum Gasteiger partial charge on any atom is 0.244 e. The number of fused-ring (bicyclic) bond motifs is 1. The fraction of sp³-hybridized carbons (Fsp3) is 0.318. The molecule has 140 valence electrons. The molecule has 2 heterocycles. The summed E-state index contributed by atoms with van der Waals surface area (Å²) in [4.78, 5) is 12.6. The van der Waals surface area contributed by atoms with Crippen molar-refractivity contribution in [2.24, 2.45) is 0 Å². The van der Waals surface area contributed by atoms with Crippen molar-refractivity contribution in [3.63, 3.8) is 0 Å². The summed E-state index contributed by atoms with van der Waals surface area (Å²) in [6, 6.07) is 17.7. The molecule has 0 bridgehead atoms. The van der Waals surface area contributed by atoms with E-state index in [9.17, 15) is 4.79 Å². The molecule has 5 heteroatoms. The summed E-state index contributed by atoms with van der Waals surface area (Å²) < 4.78 is 13.4. The number of carbonyl (C=O) groups excluding carboxylic acids is 1. The van der Waals surface area contributed by atoms with E-state index in [1.54, 1.807) is 0 Å². The van der Waals surface area contributed by atoms with Crippen LogP contribution in [0.3, 0.4) is 0 Å². The number of hydrogen-bond donors (Lipinski definition) is 1. The maximum absolute atomic E-state index is 12.6. The normalized spacial score (nSPS) is 16.6. The predicted molar refractivity (Wildman–Crippen MR) is 106 cm³/mol. The predicted octanol–water partition coefficient (Wildman–Crippen LogP) is 4.15. The lowest BCUT2D eigenvalue weighted by molar-refractivity contribution is -0.116. The van der Waals surface area contributed by atoms with Crippen molar-refractivity contribution in [3.05, 3.63) is 60.3 Å². The number of aryl methyl sites for hydroxylation is 1. The second-order valence-electron chi connectivity index (χ2n) is 6.95. The van der Waals surface area contributed by atoms with E-state index in [0.717, 1.165) is 47.5 Å². The molecule has 1 amide bonds. The number of hydrogen-bond acceptors (Lipinski definition) is 3. The molecule has 0 radical (unpaired) electrons. The van der Waals surface area contributed by atoms with Crippen LogP contribution in [0.15, 0.2) is 54.6 Å². The van der Waals surface area contributed by atoms with Gasteiger partial charge >= 0.3 is 0 Å². The molecule has 1 N–H and O–H groups in total. The quantitative estimate of drug-likeness (QED) is 0.715. The molecule has 1 aromatic heterocycles. The molecular weight excluding hydrogens is 340 g/mol. The van der Waals surface area contributed by atoms with Gasteiger partial charge in [-0.3, -0.25) is 4.79 Å². The van der Waals surface area contributed by atoms with E-state index in [-0.39, 0.29) is 18.6 Å². The summed E-state index contributed by atoms with van der Waals surface area (Å²) in [6.07, 6.45) is 2.31. The van der Waals surface area contributed by atoms with Gasteiger partial charge in [0.15, 0.2) is 0 Å². The van der Waals surface area contributed by atoms with E-state index in [0.29, 0.717) is 6.61 Å². The first kappa shape index (κ1) is 17.6. The molecule has 2 aromatic carbocycles. The number of aromatic nitrogens is 1. The summed E-state index contributed by atoms with van der Waals surface area (Å²) >= 11 is 0. The number of para-hydroxylation sites is 1. The molecule has 3 aromatic rings. The first-order valence-corrected chi connectivity index (χ1v) is 9.38. The van der Waals surface area contributed by atoms with E-state index >= 15 is 0 Å². The van der Waals surface area contributed by atoms with Gasteiger partial charge < -0.3 is 19.4 Å². The van der Waals surface area contributed by atoms with Crippen molar-refractivity contribution in [1.29, 1.82) is 0 Å². The summed E-state index contributed by atoms with van der Waals surface area (Å²) in [6.45, 7) is 3.66. The van der Waals surface area contributed by atoms with Crippen molar-refractivity contribution >= 4 is 22.5 Å². The van der Waals surface area contributed by atoms with E-state index < -0.39 is 0 Å². The SMILES string of the molecule is Cc1cc2ccccc2n1CC(=O)Nc1cccc(OCC2CCCO2)c1. The molecule has 1 unspecified atom stereocenters. The number of anilines is 1. The first-order chi connectivity index (χ1) is 13.2. The Morgan fingerprint density at radius 3 is 2.96 bits per heavy atom. The Balaban J connectivity index is 1.40. The van der Waals surface area contributed by atoms with Crippen LogP contribution in [-0.2, 0) is 16.1 Å². The van der Waals surface area contributed by atoms with Crippen LogP contribution in [0.4, 0.5) is 5.69 Å². The second kappa shape index (κ2) is 7.84. The average Bonchev–Trinajstić information content (AvgIpc) is 3.29. The Kier molecular flexibility index (Phi) is 5.12. The molecule has 1 atom stereocenters. The van der Waals surface area contributed by atoms with Gasteiger partial charge in [-0.2, -0.15) is 0 Å². The molecule has 1 aliphatic heterocycles. The minimum absolute atomic E-state index is 0.0595. The number of benzene rings is 2. The third kappa shape index (κ3) is 4.14. The molecule has 0 saturated carbocycles. The van der Waals surface area contributed by atoms with Gasteiger partial charge in [-0.05, 0) is 49.4 Å². The van der Waals surface area contributed by atoms with Crippen molar-refractivity contribution in [1.82, 2.24) is 4.57 Å². The van der Waals surface area contributed by atoms with Gasteiger partial charge in [-0.25, -0.2) is 0 Å². The fourth-order valence-corrected chi connectivity index (χ4v) is 3.53. The number of rotatable bonds is 6. The highest BCUT2D eigenvalue weighted by molar-refractivity contribution is 5.92. The van der Waals surface area contributed by atoms with Gasteiger partial charge in [0.05, 0.1) is 6.10 Å². The lowest BCUT2D eigenvalue weighted by atomic mass is 10.2. The van der Waals surface area contributed by atoms with Crippen molar-refractivity contribution < 1.29 is 14.3 Å². The van der Waals surface area contributed by atoms with Crippen LogP contribution in [-0.4, -0.2) is 29.8 Å². The number of ether oxygens (including phenoxy) is 2. The third-order valence-corrected chi connectivity index (χ3v) is 4.90. The number of nitrogens with one attached hydrogen (secondary N) is 1. The number of carbonyl (C=O) groups is 1. The second-order valence-corrected chi connectivity index (χ2v) is 6.95. The zero-order chi connectivity index (χ0) is 18.6. The minimum Gasteiger partial charge on any atom is -0.491 e. The highest BCUT2D eigenvalue weighted by Crippen LogP contribution is 2.21. The minimum atomic E-state index is -0.0595. The van der Waals surface area contributed by atoms with Gasteiger partial charge in [-0.15, -0.1) is 0 Å². The smallest absolute Gasteiger partial charge is 0.244 e. The Morgan fingerprint density at radius 1 is 1.22 bits per heavy atom. The molecule has 0 spiro atoms. The van der Waals surface area contributed by atoms with Crippen LogP contribution in [0.1, 0.15) is 18.5 Å². The van der Waals surface area contributed by atoms with Crippen LogP contribution in [0.2, 0.25) is 0 Å². The molecule has 1 aliphatic rings. The van der Waals surface area contributed by atoms with E-state index in [1.165, 1.54) is 0 Å². The molecule has 0 aliphatic carbocycles. The molecule has 1 fully saturated rings. The summed E-state index contributed by atoms with van der Waals surface area (Å²) in [5, 5.41) is 4.12. The zero-order valence-electron chi connectivity index (χ0n) is 15.5. The van der Waals surface area contributed by atoms with Crippen molar-refractivity contribution in [2.75, 3.05) is 18.5 Å². The van der Waals surface area contributed by atoms with Crippen LogP contribution < -0.4 is 10.1 Å². The highest BCUT2D eigenvalue weighted by atomic mass is 16.5. The highest BCUT2D eigenvalue weighted by Gasteiger charge is 2.16. The van der Waals surface area contributed by atoms with Crippen LogP contribution in [0, 0.1) is 6.92 Å².